The zero-order valence-corrected chi connectivity index (χ0v) is 12.2. The molecule has 1 aliphatic rings. The molecule has 1 aliphatic carbocycles. The molecule has 2 N–H and O–H groups in total. The van der Waals surface area contributed by atoms with Crippen LogP contribution in [0.25, 0.3) is 0 Å². The molecule has 0 aromatic rings. The fourth-order valence-electron chi connectivity index (χ4n) is 2.53. The number of hydrogen-bond donors (Lipinski definition) is 1. The van der Waals surface area contributed by atoms with Crippen LogP contribution in [0.3, 0.4) is 0 Å². The summed E-state index contributed by atoms with van der Waals surface area (Å²) in [5.74, 6) is 1.08. The topological polar surface area (TPSA) is 60.2 Å². The second-order valence-corrected chi connectivity index (χ2v) is 8.73. The van der Waals surface area contributed by atoms with E-state index in [0.717, 1.165) is 25.2 Å². The number of hydrogen-bond acceptors (Lipinski definition) is 3. The third kappa shape index (κ3) is 3.95. The molecule has 0 aromatic heterocycles. The molecule has 0 aliphatic heterocycles. The molecule has 0 bridgehead atoms. The van der Waals surface area contributed by atoms with Crippen LogP contribution in [-0.2, 0) is 9.84 Å². The average molecular weight is 261 g/mol. The molecule has 3 nitrogen and oxygen atoms in total. The first-order chi connectivity index (χ1) is 7.81. The Kier molecular flexibility index (Phi) is 5.02. The van der Waals surface area contributed by atoms with Crippen molar-refractivity contribution in [1.29, 1.82) is 0 Å². The van der Waals surface area contributed by atoms with Gasteiger partial charge in [0.2, 0.25) is 0 Å². The molecular weight excluding hydrogens is 234 g/mol. The summed E-state index contributed by atoms with van der Waals surface area (Å²) in [7, 11) is -2.91. The van der Waals surface area contributed by atoms with Crippen molar-refractivity contribution in [1.82, 2.24) is 0 Å². The van der Waals surface area contributed by atoms with E-state index in [0.29, 0.717) is 12.3 Å². The molecule has 1 fully saturated rings. The minimum absolute atomic E-state index is 0.0917. The van der Waals surface area contributed by atoms with Crippen molar-refractivity contribution in [3.63, 3.8) is 0 Å². The maximum Gasteiger partial charge on any atom is 0.152 e. The Bertz CT molecular complexity index is 327. The van der Waals surface area contributed by atoms with Crippen LogP contribution in [0.5, 0.6) is 0 Å². The van der Waals surface area contributed by atoms with Crippen molar-refractivity contribution in [3.05, 3.63) is 0 Å². The van der Waals surface area contributed by atoms with Gasteiger partial charge in [-0.15, -0.1) is 0 Å². The van der Waals surface area contributed by atoms with Gasteiger partial charge in [-0.1, -0.05) is 19.8 Å². The Labute approximate surface area is 106 Å². The second kappa shape index (κ2) is 5.70. The van der Waals surface area contributed by atoms with E-state index >= 15 is 0 Å². The normalized spacial score (nSPS) is 30.8. The first-order valence-electron chi connectivity index (χ1n) is 6.73. The lowest BCUT2D eigenvalue weighted by Crippen LogP contribution is -2.37. The van der Waals surface area contributed by atoms with Gasteiger partial charge >= 0.3 is 0 Å². The van der Waals surface area contributed by atoms with Gasteiger partial charge in [0.25, 0.3) is 0 Å². The Hall–Kier alpha value is -0.0900. The first-order valence-corrected chi connectivity index (χ1v) is 8.44. The van der Waals surface area contributed by atoms with Gasteiger partial charge in [0.15, 0.2) is 9.84 Å². The highest BCUT2D eigenvalue weighted by molar-refractivity contribution is 7.91. The van der Waals surface area contributed by atoms with E-state index < -0.39 is 9.84 Å². The van der Waals surface area contributed by atoms with E-state index in [4.69, 9.17) is 5.73 Å². The van der Waals surface area contributed by atoms with E-state index in [1.54, 1.807) is 13.8 Å². The number of nitrogens with two attached hydrogens (primary N) is 1. The summed E-state index contributed by atoms with van der Waals surface area (Å²) in [6, 6.07) is 0. The van der Waals surface area contributed by atoms with Crippen LogP contribution in [0.15, 0.2) is 0 Å². The molecule has 0 saturated heterocycles. The zero-order valence-electron chi connectivity index (χ0n) is 11.4. The minimum atomic E-state index is -2.91. The third-order valence-electron chi connectivity index (χ3n) is 4.40. The Morgan fingerprint density at radius 3 is 2.24 bits per heavy atom. The van der Waals surface area contributed by atoms with E-state index in [2.05, 4.69) is 6.92 Å². The number of sulfone groups is 1. The van der Waals surface area contributed by atoms with Gasteiger partial charge in [-0.25, -0.2) is 8.42 Å². The molecule has 17 heavy (non-hydrogen) atoms. The monoisotopic (exact) mass is 261 g/mol. The molecule has 102 valence electrons. The Morgan fingerprint density at radius 2 is 1.82 bits per heavy atom. The van der Waals surface area contributed by atoms with Crippen molar-refractivity contribution in [2.45, 2.75) is 58.1 Å². The predicted octanol–water partition coefficient (Wildman–Crippen LogP) is 2.35. The smallest absolute Gasteiger partial charge is 0.152 e. The van der Waals surface area contributed by atoms with Crippen molar-refractivity contribution < 1.29 is 8.42 Å². The van der Waals surface area contributed by atoms with Crippen LogP contribution in [0, 0.1) is 11.3 Å². The van der Waals surface area contributed by atoms with Crippen LogP contribution in [-0.4, -0.2) is 26.0 Å². The van der Waals surface area contributed by atoms with Gasteiger partial charge in [-0.3, -0.25) is 0 Å². The quantitative estimate of drug-likeness (QED) is 0.826. The Morgan fingerprint density at radius 1 is 1.29 bits per heavy atom. The molecule has 0 aromatic carbocycles. The molecular formula is C13H27NO2S. The van der Waals surface area contributed by atoms with Crippen LogP contribution in [0.2, 0.25) is 0 Å². The summed E-state index contributed by atoms with van der Waals surface area (Å²) >= 11 is 0. The van der Waals surface area contributed by atoms with Gasteiger partial charge in [0, 0.05) is 0 Å². The van der Waals surface area contributed by atoms with E-state index in [-0.39, 0.29) is 10.7 Å². The second-order valence-electron chi connectivity index (χ2n) is 6.05. The SMILES string of the molecule is CC1CCC(CN)(CCS(=O)(=O)C(C)C)CC1. The van der Waals surface area contributed by atoms with Crippen molar-refractivity contribution >= 4 is 9.84 Å². The number of rotatable bonds is 5. The lowest BCUT2D eigenvalue weighted by Gasteiger charge is -2.38. The zero-order chi connectivity index (χ0) is 13.1. The van der Waals surface area contributed by atoms with Gasteiger partial charge < -0.3 is 5.73 Å². The van der Waals surface area contributed by atoms with Crippen LogP contribution >= 0.6 is 0 Å². The molecule has 1 saturated carbocycles. The third-order valence-corrected chi connectivity index (χ3v) is 6.61. The molecule has 1 rings (SSSR count). The molecule has 0 spiro atoms. The highest BCUT2D eigenvalue weighted by Gasteiger charge is 2.34. The maximum absolute atomic E-state index is 11.9. The van der Waals surface area contributed by atoms with Gasteiger partial charge in [-0.05, 0) is 51.0 Å². The summed E-state index contributed by atoms with van der Waals surface area (Å²) < 4.78 is 23.7. The van der Waals surface area contributed by atoms with Crippen molar-refractivity contribution in [3.8, 4) is 0 Å². The highest BCUT2D eigenvalue weighted by Crippen LogP contribution is 2.41. The largest absolute Gasteiger partial charge is 0.330 e. The van der Waals surface area contributed by atoms with E-state index in [9.17, 15) is 8.42 Å². The molecule has 4 heteroatoms. The van der Waals surface area contributed by atoms with Crippen LogP contribution in [0.4, 0.5) is 0 Å². The summed E-state index contributed by atoms with van der Waals surface area (Å²) in [5.41, 5.74) is 5.99. The molecule has 0 heterocycles. The fourth-order valence-corrected chi connectivity index (χ4v) is 3.71. The molecule has 0 atom stereocenters. The lowest BCUT2D eigenvalue weighted by atomic mass is 9.69. The van der Waals surface area contributed by atoms with Gasteiger partial charge in [-0.2, -0.15) is 0 Å². The average Bonchev–Trinajstić information content (AvgIpc) is 2.29. The van der Waals surface area contributed by atoms with Gasteiger partial charge in [0.1, 0.15) is 0 Å². The lowest BCUT2D eigenvalue weighted by molar-refractivity contribution is 0.158. The summed E-state index contributed by atoms with van der Waals surface area (Å²) in [6.45, 7) is 6.42. The summed E-state index contributed by atoms with van der Waals surface area (Å²) in [4.78, 5) is 0. The summed E-state index contributed by atoms with van der Waals surface area (Å²) in [6.07, 6.45) is 5.32. The minimum Gasteiger partial charge on any atom is -0.330 e. The van der Waals surface area contributed by atoms with E-state index in [1.165, 1.54) is 12.8 Å². The first kappa shape index (κ1) is 15.0. The highest BCUT2D eigenvalue weighted by atomic mass is 32.2. The molecule has 0 radical (unpaired) electrons. The Balaban J connectivity index is 2.59. The van der Waals surface area contributed by atoms with E-state index in [1.807, 2.05) is 0 Å². The summed E-state index contributed by atoms with van der Waals surface area (Å²) in [5, 5.41) is -0.264. The molecule has 0 amide bonds. The maximum atomic E-state index is 11.9. The van der Waals surface area contributed by atoms with Crippen LogP contribution in [0.1, 0.15) is 52.9 Å². The van der Waals surface area contributed by atoms with Crippen molar-refractivity contribution in [2.75, 3.05) is 12.3 Å². The molecule has 0 unspecified atom stereocenters. The predicted molar refractivity (Wildman–Crippen MR) is 72.7 cm³/mol. The standard InChI is InChI=1S/C13H27NO2S/c1-11(2)17(15,16)9-8-13(10-14)6-4-12(3)5-7-13/h11-12H,4-10,14H2,1-3H3. The van der Waals surface area contributed by atoms with Crippen LogP contribution < -0.4 is 5.73 Å². The van der Waals surface area contributed by atoms with Crippen molar-refractivity contribution in [2.24, 2.45) is 17.1 Å². The van der Waals surface area contributed by atoms with Gasteiger partial charge in [0.05, 0.1) is 11.0 Å². The fraction of sp³-hybridized carbons (Fsp3) is 1.00.